The van der Waals surface area contributed by atoms with Crippen LogP contribution in [0.1, 0.15) is 11.1 Å². The van der Waals surface area contributed by atoms with Crippen LogP contribution in [0.2, 0.25) is 0 Å². The lowest BCUT2D eigenvalue weighted by molar-refractivity contribution is -0.137. The van der Waals surface area contributed by atoms with Crippen molar-refractivity contribution in [3.8, 4) is 0 Å². The molecule has 0 aliphatic carbocycles. The molecule has 2 aromatic carbocycles. The van der Waals surface area contributed by atoms with Gasteiger partial charge in [-0.25, -0.2) is 13.2 Å². The monoisotopic (exact) mass is 402 g/mol. The van der Waals surface area contributed by atoms with Crippen LogP contribution < -0.4 is 10.6 Å². The van der Waals surface area contributed by atoms with Gasteiger partial charge in [0.2, 0.25) is 11.8 Å². The topological polar surface area (TPSA) is 58.2 Å². The number of anilines is 1. The summed E-state index contributed by atoms with van der Waals surface area (Å²) in [6.45, 7) is -0.603. The second kappa shape index (κ2) is 8.59. The van der Waals surface area contributed by atoms with Gasteiger partial charge in [0.05, 0.1) is 17.8 Å². The van der Waals surface area contributed by atoms with Gasteiger partial charge in [0.1, 0.15) is 0 Å². The molecule has 0 spiro atoms. The third-order valence-corrected chi connectivity index (χ3v) is 3.40. The van der Waals surface area contributed by atoms with E-state index in [0.29, 0.717) is 11.6 Å². The number of benzene rings is 2. The maximum atomic E-state index is 13.4. The second-order valence-corrected chi connectivity index (χ2v) is 5.44. The van der Waals surface area contributed by atoms with Gasteiger partial charge in [-0.3, -0.25) is 9.59 Å². The van der Waals surface area contributed by atoms with Crippen LogP contribution >= 0.6 is 0 Å². The van der Waals surface area contributed by atoms with Gasteiger partial charge in [0, 0.05) is 6.08 Å². The first-order chi connectivity index (χ1) is 13.1. The average molecular weight is 402 g/mol. The molecule has 2 amide bonds. The van der Waals surface area contributed by atoms with Crippen molar-refractivity contribution in [2.45, 2.75) is 6.18 Å². The summed E-state index contributed by atoms with van der Waals surface area (Å²) in [5, 5.41) is 4.11. The molecule has 2 aromatic rings. The Kier molecular flexibility index (Phi) is 6.45. The van der Waals surface area contributed by atoms with Gasteiger partial charge in [-0.2, -0.15) is 13.2 Å². The van der Waals surface area contributed by atoms with E-state index in [9.17, 15) is 35.9 Å². The second-order valence-electron chi connectivity index (χ2n) is 5.44. The van der Waals surface area contributed by atoms with Crippen molar-refractivity contribution in [1.29, 1.82) is 0 Å². The summed E-state index contributed by atoms with van der Waals surface area (Å²) in [5.74, 6) is -6.40. The summed E-state index contributed by atoms with van der Waals surface area (Å²) < 4.78 is 76.7. The van der Waals surface area contributed by atoms with Crippen molar-refractivity contribution in [3.63, 3.8) is 0 Å². The molecule has 0 aliphatic rings. The Hall–Kier alpha value is -3.30. The number of halogens is 6. The van der Waals surface area contributed by atoms with Crippen LogP contribution in [0.4, 0.5) is 32.0 Å². The third-order valence-electron chi connectivity index (χ3n) is 3.40. The molecular weight excluding hydrogens is 390 g/mol. The smallest absolute Gasteiger partial charge is 0.343 e. The number of hydrogen-bond acceptors (Lipinski definition) is 2. The number of hydrogen-bond donors (Lipinski definition) is 2. The quantitative estimate of drug-likeness (QED) is 0.453. The van der Waals surface area contributed by atoms with Crippen LogP contribution in [-0.4, -0.2) is 18.4 Å². The Morgan fingerprint density at radius 1 is 0.929 bits per heavy atom. The van der Waals surface area contributed by atoms with Crippen LogP contribution in [0.15, 0.2) is 42.5 Å². The predicted molar refractivity (Wildman–Crippen MR) is 88.4 cm³/mol. The molecule has 4 nitrogen and oxygen atoms in total. The Balaban J connectivity index is 1.87. The zero-order chi connectivity index (χ0) is 20.9. The van der Waals surface area contributed by atoms with E-state index in [1.165, 1.54) is 6.08 Å². The number of carbonyl (C=O) groups is 2. The molecule has 0 radical (unpaired) electrons. The molecule has 10 heteroatoms. The Bertz CT molecular complexity index is 908. The summed E-state index contributed by atoms with van der Waals surface area (Å²) >= 11 is 0. The van der Waals surface area contributed by atoms with Gasteiger partial charge in [0.15, 0.2) is 17.5 Å². The van der Waals surface area contributed by atoms with E-state index >= 15 is 0 Å². The number of alkyl halides is 3. The largest absolute Gasteiger partial charge is 0.416 e. The molecule has 0 fully saturated rings. The normalized spacial score (nSPS) is 11.5. The van der Waals surface area contributed by atoms with Crippen molar-refractivity contribution in [2.24, 2.45) is 0 Å². The van der Waals surface area contributed by atoms with Gasteiger partial charge in [-0.15, -0.1) is 0 Å². The van der Waals surface area contributed by atoms with Crippen molar-refractivity contribution < 1.29 is 35.9 Å². The molecule has 0 bridgehead atoms. The van der Waals surface area contributed by atoms with E-state index < -0.39 is 53.2 Å². The molecule has 0 aliphatic heterocycles. The molecule has 0 heterocycles. The van der Waals surface area contributed by atoms with Crippen molar-refractivity contribution >= 4 is 23.6 Å². The number of rotatable bonds is 5. The summed E-state index contributed by atoms with van der Waals surface area (Å²) in [6.07, 6.45) is -2.27. The molecular formula is C18H12F6N2O2. The highest BCUT2D eigenvalue weighted by Gasteiger charge is 2.29. The molecule has 2 rings (SSSR count). The summed E-state index contributed by atoms with van der Waals surface area (Å²) in [5.41, 5.74) is -1.12. The maximum Gasteiger partial charge on any atom is 0.416 e. The number of carbonyl (C=O) groups excluding carboxylic acids is 2. The van der Waals surface area contributed by atoms with Gasteiger partial charge < -0.3 is 10.6 Å². The first-order valence-corrected chi connectivity index (χ1v) is 7.64. The zero-order valence-electron chi connectivity index (χ0n) is 13.9. The standard InChI is InChI=1S/C18H12F6N2O2/c19-12-6-7-13(17(21)16(12)20)26-15(28)9-25-14(27)8-3-10-1-4-11(5-2-10)18(22,23)24/h1-8H,9H2,(H,25,27)(H,26,28)/b8-3+. The Labute approximate surface area is 154 Å². The molecule has 0 saturated carbocycles. The highest BCUT2D eigenvalue weighted by Crippen LogP contribution is 2.29. The summed E-state index contributed by atoms with van der Waals surface area (Å²) in [6, 6.07) is 5.45. The van der Waals surface area contributed by atoms with Crippen molar-refractivity contribution in [3.05, 3.63) is 71.1 Å². The molecule has 0 atom stereocenters. The molecule has 28 heavy (non-hydrogen) atoms. The van der Waals surface area contributed by atoms with Gasteiger partial charge in [0.25, 0.3) is 0 Å². The molecule has 2 N–H and O–H groups in total. The lowest BCUT2D eigenvalue weighted by atomic mass is 10.1. The first-order valence-electron chi connectivity index (χ1n) is 7.64. The van der Waals surface area contributed by atoms with Crippen LogP contribution in [0.3, 0.4) is 0 Å². The van der Waals surface area contributed by atoms with Crippen LogP contribution in [0.25, 0.3) is 6.08 Å². The lowest BCUT2D eigenvalue weighted by Crippen LogP contribution is -2.32. The highest BCUT2D eigenvalue weighted by molar-refractivity contribution is 5.98. The minimum absolute atomic E-state index is 0.316. The first kappa shape index (κ1) is 21.0. The summed E-state index contributed by atoms with van der Waals surface area (Å²) in [7, 11) is 0. The minimum atomic E-state index is -4.47. The fraction of sp³-hybridized carbons (Fsp3) is 0.111. The molecule has 148 valence electrons. The van der Waals surface area contributed by atoms with E-state index in [4.69, 9.17) is 0 Å². The van der Waals surface area contributed by atoms with E-state index in [2.05, 4.69) is 5.32 Å². The van der Waals surface area contributed by atoms with Crippen molar-refractivity contribution in [1.82, 2.24) is 5.32 Å². The van der Waals surface area contributed by atoms with Gasteiger partial charge >= 0.3 is 6.18 Å². The maximum absolute atomic E-state index is 13.4. The SMILES string of the molecule is O=C(/C=C/c1ccc(C(F)(F)F)cc1)NCC(=O)Nc1ccc(F)c(F)c1F. The van der Waals surface area contributed by atoms with Crippen LogP contribution in [0, 0.1) is 17.5 Å². The summed E-state index contributed by atoms with van der Waals surface area (Å²) in [4.78, 5) is 23.3. The third kappa shape index (κ3) is 5.60. The highest BCUT2D eigenvalue weighted by atomic mass is 19.4. The van der Waals surface area contributed by atoms with Crippen LogP contribution in [-0.2, 0) is 15.8 Å². The van der Waals surface area contributed by atoms with Gasteiger partial charge in [-0.05, 0) is 35.9 Å². The Morgan fingerprint density at radius 2 is 1.57 bits per heavy atom. The molecule has 0 aromatic heterocycles. The molecule has 0 unspecified atom stereocenters. The Morgan fingerprint density at radius 3 is 2.18 bits per heavy atom. The van der Waals surface area contributed by atoms with Gasteiger partial charge in [-0.1, -0.05) is 12.1 Å². The zero-order valence-corrected chi connectivity index (χ0v) is 13.9. The predicted octanol–water partition coefficient (Wildman–Crippen LogP) is 3.89. The van der Waals surface area contributed by atoms with E-state index in [1.54, 1.807) is 0 Å². The van der Waals surface area contributed by atoms with E-state index in [0.717, 1.165) is 36.4 Å². The minimum Gasteiger partial charge on any atom is -0.343 e. The van der Waals surface area contributed by atoms with E-state index in [1.807, 2.05) is 5.32 Å². The lowest BCUT2D eigenvalue weighted by Gasteiger charge is -2.07. The fourth-order valence-corrected chi connectivity index (χ4v) is 2.00. The number of nitrogens with one attached hydrogen (secondary N) is 2. The molecule has 0 saturated heterocycles. The average Bonchev–Trinajstić information content (AvgIpc) is 2.65. The van der Waals surface area contributed by atoms with Crippen molar-refractivity contribution in [2.75, 3.05) is 11.9 Å². The fourth-order valence-electron chi connectivity index (χ4n) is 2.00. The number of amides is 2. The van der Waals surface area contributed by atoms with E-state index in [-0.39, 0.29) is 0 Å². The van der Waals surface area contributed by atoms with Crippen LogP contribution in [0.5, 0.6) is 0 Å².